The Balaban J connectivity index is 1.52. The predicted molar refractivity (Wildman–Crippen MR) is 85.2 cm³/mol. The van der Waals surface area contributed by atoms with Crippen LogP contribution in [0.1, 0.15) is 51.1 Å². The second kappa shape index (κ2) is 5.50. The van der Waals surface area contributed by atoms with Crippen molar-refractivity contribution in [3.05, 3.63) is 33.5 Å². The summed E-state index contributed by atoms with van der Waals surface area (Å²) in [5.74, 6) is 1.49. The van der Waals surface area contributed by atoms with E-state index >= 15 is 0 Å². The van der Waals surface area contributed by atoms with Gasteiger partial charge in [-0.25, -0.2) is 0 Å². The van der Waals surface area contributed by atoms with Gasteiger partial charge in [0.1, 0.15) is 12.2 Å². The molecule has 0 radical (unpaired) electrons. The Morgan fingerprint density at radius 3 is 3.05 bits per heavy atom. The van der Waals surface area contributed by atoms with E-state index in [1.165, 1.54) is 16.9 Å². The number of hydrogen-bond donors (Lipinski definition) is 0. The first-order chi connectivity index (χ1) is 10.7. The van der Waals surface area contributed by atoms with Crippen molar-refractivity contribution >= 4 is 17.2 Å². The Kier molecular flexibility index (Phi) is 3.48. The summed E-state index contributed by atoms with van der Waals surface area (Å²) in [4.78, 5) is 17.1. The minimum absolute atomic E-state index is 0.200. The molecule has 22 heavy (non-hydrogen) atoms. The minimum atomic E-state index is 0.200. The lowest BCUT2D eigenvalue weighted by Crippen LogP contribution is -2.39. The lowest BCUT2D eigenvalue weighted by Gasteiger charge is -2.31. The molecule has 1 aliphatic carbocycles. The van der Waals surface area contributed by atoms with Crippen LogP contribution in [0.3, 0.4) is 0 Å². The predicted octanol–water partition coefficient (Wildman–Crippen LogP) is 2.39. The molecular formula is C16H20N4OS. The van der Waals surface area contributed by atoms with Gasteiger partial charge in [-0.3, -0.25) is 4.79 Å². The highest BCUT2D eigenvalue weighted by Gasteiger charge is 2.29. The van der Waals surface area contributed by atoms with E-state index in [1.54, 1.807) is 17.7 Å². The van der Waals surface area contributed by atoms with Gasteiger partial charge in [0, 0.05) is 30.9 Å². The molecule has 2 aromatic heterocycles. The Morgan fingerprint density at radius 2 is 2.27 bits per heavy atom. The zero-order valence-electron chi connectivity index (χ0n) is 12.8. The van der Waals surface area contributed by atoms with Crippen molar-refractivity contribution in [1.29, 1.82) is 0 Å². The fraction of sp³-hybridized carbons (Fsp3) is 0.562. The molecule has 1 saturated heterocycles. The molecule has 0 bridgehead atoms. The van der Waals surface area contributed by atoms with E-state index in [9.17, 15) is 4.79 Å². The van der Waals surface area contributed by atoms with Crippen molar-refractivity contribution in [2.24, 2.45) is 7.05 Å². The minimum Gasteiger partial charge on any atom is -0.337 e. The summed E-state index contributed by atoms with van der Waals surface area (Å²) >= 11 is 1.70. The summed E-state index contributed by atoms with van der Waals surface area (Å²) in [5.41, 5.74) is 1.40. The number of piperidine rings is 1. The van der Waals surface area contributed by atoms with Crippen LogP contribution in [0.25, 0.3) is 0 Å². The Labute approximate surface area is 134 Å². The summed E-state index contributed by atoms with van der Waals surface area (Å²) in [5, 5.41) is 8.19. The quantitative estimate of drug-likeness (QED) is 0.855. The number of carbonyl (C=O) groups is 1. The van der Waals surface area contributed by atoms with Gasteiger partial charge in [-0.05, 0) is 43.7 Å². The van der Waals surface area contributed by atoms with Crippen LogP contribution in [0.15, 0.2) is 12.4 Å². The smallest absolute Gasteiger partial charge is 0.263 e. The summed E-state index contributed by atoms with van der Waals surface area (Å²) < 4.78 is 1.97. The van der Waals surface area contributed by atoms with Gasteiger partial charge < -0.3 is 9.47 Å². The number of rotatable bonds is 2. The Hall–Kier alpha value is -1.69. The second-order valence-corrected chi connectivity index (χ2v) is 7.44. The van der Waals surface area contributed by atoms with Crippen molar-refractivity contribution in [1.82, 2.24) is 19.7 Å². The molecule has 6 heteroatoms. The zero-order chi connectivity index (χ0) is 15.1. The number of fused-ring (bicyclic) bond motifs is 1. The molecular weight excluding hydrogens is 296 g/mol. The maximum Gasteiger partial charge on any atom is 0.263 e. The number of hydrogen-bond acceptors (Lipinski definition) is 4. The van der Waals surface area contributed by atoms with Crippen molar-refractivity contribution in [2.75, 3.05) is 13.1 Å². The molecule has 1 atom stereocenters. The third kappa shape index (κ3) is 2.35. The lowest BCUT2D eigenvalue weighted by atomic mass is 9.97. The molecule has 0 unspecified atom stereocenters. The van der Waals surface area contributed by atoms with Crippen LogP contribution in [0.4, 0.5) is 0 Å². The number of carbonyl (C=O) groups excluding carboxylic acids is 1. The van der Waals surface area contributed by atoms with Gasteiger partial charge in [0.05, 0.1) is 4.88 Å². The summed E-state index contributed by atoms with van der Waals surface area (Å²) in [6, 6.07) is 2.13. The van der Waals surface area contributed by atoms with E-state index in [-0.39, 0.29) is 5.91 Å². The normalized spacial score (nSPS) is 21.1. The molecule has 5 nitrogen and oxygen atoms in total. The van der Waals surface area contributed by atoms with Crippen molar-refractivity contribution in [3.63, 3.8) is 0 Å². The molecule has 2 aliphatic rings. The Morgan fingerprint density at radius 1 is 1.36 bits per heavy atom. The largest absolute Gasteiger partial charge is 0.337 e. The number of aromatic nitrogens is 3. The second-order valence-electron chi connectivity index (χ2n) is 6.30. The molecule has 2 aromatic rings. The van der Waals surface area contributed by atoms with Crippen molar-refractivity contribution in [3.8, 4) is 0 Å². The van der Waals surface area contributed by atoms with Gasteiger partial charge in [0.2, 0.25) is 0 Å². The van der Waals surface area contributed by atoms with E-state index in [2.05, 4.69) is 16.3 Å². The van der Waals surface area contributed by atoms with Crippen LogP contribution >= 0.6 is 11.3 Å². The highest BCUT2D eigenvalue weighted by molar-refractivity contribution is 7.14. The highest BCUT2D eigenvalue weighted by Crippen LogP contribution is 2.33. The van der Waals surface area contributed by atoms with Gasteiger partial charge in [0.15, 0.2) is 0 Å². The first-order valence-corrected chi connectivity index (χ1v) is 8.79. The Bertz CT molecular complexity index is 683. The maximum atomic E-state index is 12.8. The van der Waals surface area contributed by atoms with Gasteiger partial charge in [0.25, 0.3) is 5.91 Å². The molecule has 1 amide bonds. The first-order valence-electron chi connectivity index (χ1n) is 7.97. The number of nitrogens with zero attached hydrogens (tertiary/aromatic N) is 4. The van der Waals surface area contributed by atoms with Crippen LogP contribution in [0, 0.1) is 0 Å². The molecule has 0 spiro atoms. The van der Waals surface area contributed by atoms with E-state index in [0.29, 0.717) is 5.92 Å². The van der Waals surface area contributed by atoms with Crippen molar-refractivity contribution in [2.45, 2.75) is 38.0 Å². The molecule has 1 fully saturated rings. The molecule has 0 N–H and O–H groups in total. The maximum absolute atomic E-state index is 12.8. The average molecular weight is 316 g/mol. The van der Waals surface area contributed by atoms with Gasteiger partial charge in [-0.1, -0.05) is 0 Å². The molecule has 1 aliphatic heterocycles. The highest BCUT2D eigenvalue weighted by atomic mass is 32.1. The fourth-order valence-electron chi connectivity index (χ4n) is 3.62. The number of likely N-dealkylation sites (tertiary alicyclic amines) is 1. The molecule has 0 saturated carbocycles. The van der Waals surface area contributed by atoms with Crippen LogP contribution < -0.4 is 0 Å². The lowest BCUT2D eigenvalue weighted by molar-refractivity contribution is 0.0708. The molecule has 0 aromatic carbocycles. The van der Waals surface area contributed by atoms with E-state index in [0.717, 1.165) is 49.5 Å². The first kappa shape index (κ1) is 13.9. The van der Waals surface area contributed by atoms with Crippen LogP contribution in [-0.2, 0) is 19.9 Å². The zero-order valence-corrected chi connectivity index (χ0v) is 13.6. The average Bonchev–Trinajstić information content (AvgIpc) is 3.21. The molecule has 116 valence electrons. The molecule has 4 rings (SSSR count). The summed E-state index contributed by atoms with van der Waals surface area (Å²) in [6.45, 7) is 1.61. The van der Waals surface area contributed by atoms with E-state index < -0.39 is 0 Å². The van der Waals surface area contributed by atoms with Crippen molar-refractivity contribution < 1.29 is 4.79 Å². The third-order valence-electron chi connectivity index (χ3n) is 4.78. The standard InChI is InChI=1S/C16H20N4OS/c1-19-10-17-18-15(19)12-5-3-7-20(9-12)16(21)14-8-11-4-2-6-13(11)22-14/h8,10,12H,2-7,9H2,1H3/t12-/m0/s1. The van der Waals surface area contributed by atoms with Gasteiger partial charge in [-0.2, -0.15) is 0 Å². The monoisotopic (exact) mass is 316 g/mol. The summed E-state index contributed by atoms with van der Waals surface area (Å²) in [6.07, 6.45) is 7.38. The number of thiophene rings is 1. The van der Waals surface area contributed by atoms with Crippen LogP contribution in [0.5, 0.6) is 0 Å². The topological polar surface area (TPSA) is 51.0 Å². The van der Waals surface area contributed by atoms with E-state index in [4.69, 9.17) is 0 Å². The van der Waals surface area contributed by atoms with E-state index in [1.807, 2.05) is 16.5 Å². The summed E-state index contributed by atoms with van der Waals surface area (Å²) in [7, 11) is 1.97. The SMILES string of the molecule is Cn1cnnc1[C@H]1CCCN(C(=O)c2cc3c(s2)CCC3)C1. The number of aryl methyl sites for hydroxylation is 3. The van der Waals surface area contributed by atoms with Crippen LogP contribution in [0.2, 0.25) is 0 Å². The van der Waals surface area contributed by atoms with Gasteiger partial charge >= 0.3 is 0 Å². The molecule has 3 heterocycles. The third-order valence-corrected chi connectivity index (χ3v) is 6.00. The fourth-order valence-corrected chi connectivity index (χ4v) is 4.85. The van der Waals surface area contributed by atoms with Gasteiger partial charge in [-0.15, -0.1) is 21.5 Å². The number of amides is 1. The van der Waals surface area contributed by atoms with Crippen LogP contribution in [-0.4, -0.2) is 38.7 Å².